The van der Waals surface area contributed by atoms with Crippen LogP contribution in [0.15, 0.2) is 23.0 Å². The number of nitrogens with one attached hydrogen (secondary N) is 1. The maximum atomic E-state index is 13.8. The monoisotopic (exact) mass is 299 g/mol. The Balaban J connectivity index is 1.96. The molecule has 0 aliphatic carbocycles. The van der Waals surface area contributed by atoms with Crippen LogP contribution in [-0.2, 0) is 17.9 Å². The zero-order chi connectivity index (χ0) is 15.1. The molecule has 0 saturated heterocycles. The SMILES string of the molecule is COCCNCc1cc(F)c(OCc2ncon2)c(F)c1. The summed E-state index contributed by atoms with van der Waals surface area (Å²) in [6.07, 6.45) is 1.11. The Hall–Kier alpha value is -2.06. The maximum absolute atomic E-state index is 13.8. The molecule has 1 aromatic carbocycles. The van der Waals surface area contributed by atoms with Crippen LogP contribution in [0.4, 0.5) is 8.78 Å². The summed E-state index contributed by atoms with van der Waals surface area (Å²) >= 11 is 0. The van der Waals surface area contributed by atoms with Gasteiger partial charge in [-0.15, -0.1) is 0 Å². The van der Waals surface area contributed by atoms with Gasteiger partial charge in [0.15, 0.2) is 24.0 Å². The van der Waals surface area contributed by atoms with Gasteiger partial charge in [0.25, 0.3) is 0 Å². The highest BCUT2D eigenvalue weighted by Crippen LogP contribution is 2.24. The lowest BCUT2D eigenvalue weighted by Gasteiger charge is -2.09. The lowest BCUT2D eigenvalue weighted by Crippen LogP contribution is -2.18. The van der Waals surface area contributed by atoms with Gasteiger partial charge in [-0.2, -0.15) is 4.98 Å². The van der Waals surface area contributed by atoms with Crippen molar-refractivity contribution in [1.82, 2.24) is 15.5 Å². The minimum absolute atomic E-state index is 0.171. The predicted molar refractivity (Wildman–Crippen MR) is 68.6 cm³/mol. The van der Waals surface area contributed by atoms with Crippen LogP contribution in [0.2, 0.25) is 0 Å². The average molecular weight is 299 g/mol. The molecule has 0 unspecified atom stereocenters. The molecule has 0 saturated carbocycles. The summed E-state index contributed by atoms with van der Waals surface area (Å²) in [5, 5.41) is 6.49. The van der Waals surface area contributed by atoms with Gasteiger partial charge in [-0.1, -0.05) is 5.16 Å². The number of benzene rings is 1. The van der Waals surface area contributed by atoms with Crippen molar-refractivity contribution in [2.45, 2.75) is 13.2 Å². The van der Waals surface area contributed by atoms with E-state index < -0.39 is 17.4 Å². The van der Waals surface area contributed by atoms with Crippen molar-refractivity contribution in [3.63, 3.8) is 0 Å². The zero-order valence-corrected chi connectivity index (χ0v) is 11.4. The maximum Gasteiger partial charge on any atom is 0.213 e. The normalized spacial score (nSPS) is 10.8. The Kier molecular flexibility index (Phi) is 5.59. The number of rotatable bonds is 8. The number of ether oxygens (including phenoxy) is 2. The smallest absolute Gasteiger partial charge is 0.213 e. The van der Waals surface area contributed by atoms with E-state index in [9.17, 15) is 8.78 Å². The molecule has 8 heteroatoms. The molecule has 0 fully saturated rings. The number of hydrogen-bond donors (Lipinski definition) is 1. The molecule has 0 amide bonds. The van der Waals surface area contributed by atoms with Gasteiger partial charge < -0.3 is 19.3 Å². The highest BCUT2D eigenvalue weighted by molar-refractivity contribution is 5.31. The quantitative estimate of drug-likeness (QED) is 0.748. The van der Waals surface area contributed by atoms with Crippen molar-refractivity contribution in [1.29, 1.82) is 0 Å². The third-order valence-electron chi connectivity index (χ3n) is 2.62. The fourth-order valence-corrected chi connectivity index (χ4v) is 1.65. The first kappa shape index (κ1) is 15.3. The van der Waals surface area contributed by atoms with Crippen LogP contribution >= 0.6 is 0 Å². The topological polar surface area (TPSA) is 69.4 Å². The van der Waals surface area contributed by atoms with Gasteiger partial charge in [0.2, 0.25) is 12.2 Å². The Morgan fingerprint density at radius 3 is 2.67 bits per heavy atom. The molecule has 1 aromatic heterocycles. The number of halogens is 2. The van der Waals surface area contributed by atoms with Crippen LogP contribution < -0.4 is 10.1 Å². The van der Waals surface area contributed by atoms with E-state index in [1.165, 1.54) is 12.1 Å². The summed E-state index contributed by atoms with van der Waals surface area (Å²) in [4.78, 5) is 3.70. The summed E-state index contributed by atoms with van der Waals surface area (Å²) in [5.74, 6) is -1.80. The molecule has 0 aliphatic rings. The van der Waals surface area contributed by atoms with Gasteiger partial charge in [0.05, 0.1) is 6.61 Å². The van der Waals surface area contributed by atoms with E-state index in [-0.39, 0.29) is 12.4 Å². The van der Waals surface area contributed by atoms with Gasteiger partial charge in [-0.25, -0.2) is 8.78 Å². The largest absolute Gasteiger partial charge is 0.479 e. The summed E-state index contributed by atoms with van der Waals surface area (Å²) < 4.78 is 42.1. The average Bonchev–Trinajstić information content (AvgIpc) is 2.96. The summed E-state index contributed by atoms with van der Waals surface area (Å²) in [6.45, 7) is 1.28. The molecule has 2 aromatic rings. The van der Waals surface area contributed by atoms with E-state index in [2.05, 4.69) is 20.0 Å². The van der Waals surface area contributed by atoms with Crippen LogP contribution in [0.25, 0.3) is 0 Å². The summed E-state index contributed by atoms with van der Waals surface area (Å²) in [7, 11) is 1.58. The van der Waals surface area contributed by atoms with E-state index in [0.29, 0.717) is 25.3 Å². The van der Waals surface area contributed by atoms with Crippen molar-refractivity contribution in [2.24, 2.45) is 0 Å². The van der Waals surface area contributed by atoms with Crippen molar-refractivity contribution >= 4 is 0 Å². The molecular weight excluding hydrogens is 284 g/mol. The predicted octanol–water partition coefficient (Wildman–Crippen LogP) is 1.66. The molecule has 0 atom stereocenters. The lowest BCUT2D eigenvalue weighted by molar-refractivity contribution is 0.199. The van der Waals surface area contributed by atoms with Crippen LogP contribution in [0.3, 0.4) is 0 Å². The van der Waals surface area contributed by atoms with Crippen molar-refractivity contribution in [2.75, 3.05) is 20.3 Å². The highest BCUT2D eigenvalue weighted by atomic mass is 19.1. The third kappa shape index (κ3) is 4.47. The van der Waals surface area contributed by atoms with Crippen LogP contribution in [0.5, 0.6) is 5.75 Å². The second kappa shape index (κ2) is 7.65. The Bertz CT molecular complexity index is 541. The molecular formula is C13H15F2N3O3. The standard InChI is InChI=1S/C13H15F2N3O3/c1-19-3-2-16-6-9-4-10(14)13(11(15)5-9)20-7-12-17-8-21-18-12/h4-5,8,16H,2-3,6-7H2,1H3. The van der Waals surface area contributed by atoms with Gasteiger partial charge in [-0.05, 0) is 17.7 Å². The van der Waals surface area contributed by atoms with Gasteiger partial charge in [0, 0.05) is 20.2 Å². The second-order valence-corrected chi connectivity index (χ2v) is 4.19. The van der Waals surface area contributed by atoms with E-state index in [1.54, 1.807) is 7.11 Å². The second-order valence-electron chi connectivity index (χ2n) is 4.19. The first-order valence-corrected chi connectivity index (χ1v) is 6.26. The number of aromatic nitrogens is 2. The number of hydrogen-bond acceptors (Lipinski definition) is 6. The fourth-order valence-electron chi connectivity index (χ4n) is 1.65. The van der Waals surface area contributed by atoms with E-state index >= 15 is 0 Å². The van der Waals surface area contributed by atoms with Crippen LogP contribution in [-0.4, -0.2) is 30.4 Å². The molecule has 0 spiro atoms. The minimum Gasteiger partial charge on any atom is -0.479 e. The number of methoxy groups -OCH3 is 1. The third-order valence-corrected chi connectivity index (χ3v) is 2.62. The van der Waals surface area contributed by atoms with Crippen molar-refractivity contribution in [3.05, 3.63) is 41.5 Å². The summed E-state index contributed by atoms with van der Waals surface area (Å²) in [5.41, 5.74) is 0.480. The molecule has 0 radical (unpaired) electrons. The van der Waals surface area contributed by atoms with Gasteiger partial charge >= 0.3 is 0 Å². The van der Waals surface area contributed by atoms with Crippen LogP contribution in [0, 0.1) is 11.6 Å². The molecule has 1 heterocycles. The Morgan fingerprint density at radius 1 is 1.29 bits per heavy atom. The van der Waals surface area contributed by atoms with Crippen molar-refractivity contribution in [3.8, 4) is 5.75 Å². The molecule has 21 heavy (non-hydrogen) atoms. The highest BCUT2D eigenvalue weighted by Gasteiger charge is 2.13. The van der Waals surface area contributed by atoms with Gasteiger partial charge in [0.1, 0.15) is 0 Å². The number of nitrogens with zero attached hydrogens (tertiary/aromatic N) is 2. The fraction of sp³-hybridized carbons (Fsp3) is 0.385. The van der Waals surface area contributed by atoms with E-state index in [0.717, 1.165) is 6.39 Å². The molecule has 114 valence electrons. The Labute approximate surface area is 120 Å². The Morgan fingerprint density at radius 2 is 2.05 bits per heavy atom. The molecule has 2 rings (SSSR count). The lowest BCUT2D eigenvalue weighted by atomic mass is 10.2. The van der Waals surface area contributed by atoms with E-state index in [1.807, 2.05) is 0 Å². The summed E-state index contributed by atoms with van der Waals surface area (Å²) in [6, 6.07) is 2.43. The van der Waals surface area contributed by atoms with Gasteiger partial charge in [-0.3, -0.25) is 0 Å². The molecule has 0 bridgehead atoms. The molecule has 0 aliphatic heterocycles. The minimum atomic E-state index is -0.776. The van der Waals surface area contributed by atoms with Crippen LogP contribution in [0.1, 0.15) is 11.4 Å². The molecule has 1 N–H and O–H groups in total. The first-order chi connectivity index (χ1) is 10.2. The first-order valence-electron chi connectivity index (χ1n) is 6.26. The molecule has 6 nitrogen and oxygen atoms in total. The van der Waals surface area contributed by atoms with Crippen molar-refractivity contribution < 1.29 is 22.8 Å². The van der Waals surface area contributed by atoms with E-state index in [4.69, 9.17) is 9.47 Å². The zero-order valence-electron chi connectivity index (χ0n) is 11.4.